The van der Waals surface area contributed by atoms with Crippen LogP contribution < -0.4 is 11.1 Å². The van der Waals surface area contributed by atoms with Crippen LogP contribution in [0.25, 0.3) is 0 Å². The van der Waals surface area contributed by atoms with Crippen LogP contribution in [-0.4, -0.2) is 24.3 Å². The van der Waals surface area contributed by atoms with Crippen molar-refractivity contribution in [2.75, 3.05) is 6.54 Å². The highest BCUT2D eigenvalue weighted by molar-refractivity contribution is 5.68. The van der Waals surface area contributed by atoms with Crippen LogP contribution in [0.5, 0.6) is 0 Å². The molecular weight excluding hydrogens is 259 g/mol. The lowest BCUT2D eigenvalue weighted by atomic mass is 10.1. The number of benzene rings is 1. The van der Waals surface area contributed by atoms with E-state index in [1.54, 1.807) is 26.8 Å². The average Bonchev–Trinajstić information content (AvgIpc) is 2.32. The van der Waals surface area contributed by atoms with E-state index < -0.39 is 11.7 Å². The van der Waals surface area contributed by atoms with Crippen molar-refractivity contribution in [1.29, 1.82) is 0 Å². The Morgan fingerprint density at radius 2 is 2.15 bits per heavy atom. The zero-order chi connectivity index (χ0) is 15.2. The standard InChI is InChI=1S/C15H23FN2O2/c1-15(2,3)20-14(19)18-13(10-17)8-7-11-5-4-6-12(16)9-11/h4-6,9,13H,7-8,10,17H2,1-3H3,(H,18,19). The normalized spacial score (nSPS) is 12.8. The molecule has 0 bridgehead atoms. The highest BCUT2D eigenvalue weighted by Crippen LogP contribution is 2.09. The van der Waals surface area contributed by atoms with Gasteiger partial charge >= 0.3 is 6.09 Å². The van der Waals surface area contributed by atoms with Gasteiger partial charge in [0.1, 0.15) is 11.4 Å². The van der Waals surface area contributed by atoms with E-state index in [1.165, 1.54) is 12.1 Å². The van der Waals surface area contributed by atoms with E-state index >= 15 is 0 Å². The van der Waals surface area contributed by atoms with Gasteiger partial charge in [-0.1, -0.05) is 12.1 Å². The molecule has 0 aromatic heterocycles. The van der Waals surface area contributed by atoms with Crippen molar-refractivity contribution < 1.29 is 13.9 Å². The van der Waals surface area contributed by atoms with Crippen LogP contribution in [0.4, 0.5) is 9.18 Å². The highest BCUT2D eigenvalue weighted by atomic mass is 19.1. The SMILES string of the molecule is CC(C)(C)OC(=O)NC(CN)CCc1cccc(F)c1. The topological polar surface area (TPSA) is 64.3 Å². The number of hydrogen-bond acceptors (Lipinski definition) is 3. The summed E-state index contributed by atoms with van der Waals surface area (Å²) in [6.07, 6.45) is 0.807. The molecule has 20 heavy (non-hydrogen) atoms. The number of hydrogen-bond donors (Lipinski definition) is 2. The van der Waals surface area contributed by atoms with Crippen molar-refractivity contribution in [2.45, 2.75) is 45.3 Å². The van der Waals surface area contributed by atoms with Gasteiger partial charge in [0.25, 0.3) is 0 Å². The zero-order valence-electron chi connectivity index (χ0n) is 12.3. The van der Waals surface area contributed by atoms with Crippen molar-refractivity contribution in [3.8, 4) is 0 Å². The van der Waals surface area contributed by atoms with E-state index in [0.717, 1.165) is 5.56 Å². The van der Waals surface area contributed by atoms with E-state index in [2.05, 4.69) is 5.32 Å². The molecule has 5 heteroatoms. The van der Waals surface area contributed by atoms with Gasteiger partial charge in [-0.15, -0.1) is 0 Å². The van der Waals surface area contributed by atoms with E-state index in [-0.39, 0.29) is 11.9 Å². The van der Waals surface area contributed by atoms with E-state index in [4.69, 9.17) is 10.5 Å². The molecule has 1 rings (SSSR count). The number of carbonyl (C=O) groups is 1. The molecule has 0 spiro atoms. The van der Waals surface area contributed by atoms with Gasteiger partial charge in [-0.05, 0) is 51.3 Å². The number of ether oxygens (including phenoxy) is 1. The van der Waals surface area contributed by atoms with Gasteiger partial charge in [0, 0.05) is 12.6 Å². The van der Waals surface area contributed by atoms with Gasteiger partial charge in [-0.3, -0.25) is 0 Å². The first-order chi connectivity index (χ1) is 9.30. The number of rotatable bonds is 5. The number of nitrogens with two attached hydrogens (primary N) is 1. The summed E-state index contributed by atoms with van der Waals surface area (Å²) in [4.78, 5) is 11.6. The van der Waals surface area contributed by atoms with Crippen molar-refractivity contribution in [3.05, 3.63) is 35.6 Å². The van der Waals surface area contributed by atoms with Crippen LogP contribution in [0.3, 0.4) is 0 Å². The first kappa shape index (κ1) is 16.4. The summed E-state index contributed by atoms with van der Waals surface area (Å²) in [6, 6.07) is 6.23. The molecule has 1 atom stereocenters. The maximum Gasteiger partial charge on any atom is 0.407 e. The first-order valence-electron chi connectivity index (χ1n) is 6.74. The molecule has 1 aromatic rings. The predicted molar refractivity (Wildman–Crippen MR) is 76.9 cm³/mol. The monoisotopic (exact) mass is 282 g/mol. The molecule has 3 N–H and O–H groups in total. The summed E-state index contributed by atoms with van der Waals surface area (Å²) in [7, 11) is 0. The third-order valence-electron chi connectivity index (χ3n) is 2.68. The van der Waals surface area contributed by atoms with Gasteiger partial charge in [0.05, 0.1) is 0 Å². The second-order valence-electron chi connectivity index (χ2n) is 5.75. The Kier molecular flexibility index (Phi) is 5.95. The van der Waals surface area contributed by atoms with Crippen LogP contribution >= 0.6 is 0 Å². The fourth-order valence-electron chi connectivity index (χ4n) is 1.76. The molecule has 1 amide bonds. The fraction of sp³-hybridized carbons (Fsp3) is 0.533. The van der Waals surface area contributed by atoms with Crippen molar-refractivity contribution in [3.63, 3.8) is 0 Å². The Labute approximate surface area is 119 Å². The third-order valence-corrected chi connectivity index (χ3v) is 2.68. The summed E-state index contributed by atoms with van der Waals surface area (Å²) >= 11 is 0. The van der Waals surface area contributed by atoms with Crippen molar-refractivity contribution in [2.24, 2.45) is 5.73 Å². The molecule has 0 aliphatic carbocycles. The minimum absolute atomic E-state index is 0.187. The Morgan fingerprint density at radius 1 is 1.45 bits per heavy atom. The van der Waals surface area contributed by atoms with Gasteiger partial charge in [0.15, 0.2) is 0 Å². The first-order valence-corrected chi connectivity index (χ1v) is 6.74. The summed E-state index contributed by atoms with van der Waals surface area (Å²) in [5, 5.41) is 2.73. The summed E-state index contributed by atoms with van der Waals surface area (Å²) < 4.78 is 18.2. The Hall–Kier alpha value is -1.62. The second-order valence-corrected chi connectivity index (χ2v) is 5.75. The molecule has 0 saturated carbocycles. The molecule has 0 aliphatic heterocycles. The number of halogens is 1. The molecule has 1 unspecified atom stereocenters. The molecule has 0 saturated heterocycles. The number of alkyl carbamates (subject to hydrolysis) is 1. The maximum atomic E-state index is 13.1. The van der Waals surface area contributed by atoms with Crippen LogP contribution in [0.15, 0.2) is 24.3 Å². The lowest BCUT2D eigenvalue weighted by molar-refractivity contribution is 0.0503. The van der Waals surface area contributed by atoms with E-state index in [9.17, 15) is 9.18 Å². The smallest absolute Gasteiger partial charge is 0.407 e. The van der Waals surface area contributed by atoms with Crippen LogP contribution in [-0.2, 0) is 11.2 Å². The zero-order valence-corrected chi connectivity index (χ0v) is 12.3. The lowest BCUT2D eigenvalue weighted by Gasteiger charge is -2.23. The lowest BCUT2D eigenvalue weighted by Crippen LogP contribution is -2.43. The molecule has 0 heterocycles. The minimum atomic E-state index is -0.536. The van der Waals surface area contributed by atoms with Gasteiger partial charge in [-0.2, -0.15) is 0 Å². The van der Waals surface area contributed by atoms with Gasteiger partial charge in [0.2, 0.25) is 0 Å². The predicted octanol–water partition coefficient (Wildman–Crippen LogP) is 2.61. The number of carbonyl (C=O) groups excluding carboxylic acids is 1. The fourth-order valence-corrected chi connectivity index (χ4v) is 1.76. The number of aryl methyl sites for hydroxylation is 1. The second kappa shape index (κ2) is 7.24. The molecular formula is C15H23FN2O2. The third kappa shape index (κ3) is 6.52. The molecule has 0 fully saturated rings. The Bertz CT molecular complexity index is 444. The van der Waals surface area contributed by atoms with Crippen LogP contribution in [0, 0.1) is 5.82 Å². The number of nitrogens with one attached hydrogen (secondary N) is 1. The maximum absolute atomic E-state index is 13.1. The highest BCUT2D eigenvalue weighted by Gasteiger charge is 2.18. The van der Waals surface area contributed by atoms with E-state index in [0.29, 0.717) is 19.4 Å². The molecule has 4 nitrogen and oxygen atoms in total. The summed E-state index contributed by atoms with van der Waals surface area (Å²) in [5.74, 6) is -0.258. The van der Waals surface area contributed by atoms with E-state index in [1.807, 2.05) is 6.07 Å². The van der Waals surface area contributed by atoms with Crippen molar-refractivity contribution in [1.82, 2.24) is 5.32 Å². The molecule has 0 aliphatic rings. The molecule has 0 radical (unpaired) electrons. The van der Waals surface area contributed by atoms with Gasteiger partial charge < -0.3 is 15.8 Å². The van der Waals surface area contributed by atoms with Gasteiger partial charge in [-0.25, -0.2) is 9.18 Å². The van der Waals surface area contributed by atoms with Crippen LogP contribution in [0.2, 0.25) is 0 Å². The Balaban J connectivity index is 2.45. The summed E-state index contributed by atoms with van der Waals surface area (Å²) in [5.41, 5.74) is 5.98. The average molecular weight is 282 g/mol. The van der Waals surface area contributed by atoms with Crippen LogP contribution in [0.1, 0.15) is 32.8 Å². The van der Waals surface area contributed by atoms with Crippen molar-refractivity contribution >= 4 is 6.09 Å². The quantitative estimate of drug-likeness (QED) is 0.872. The Morgan fingerprint density at radius 3 is 2.70 bits per heavy atom. The molecule has 1 aromatic carbocycles. The largest absolute Gasteiger partial charge is 0.444 e. The minimum Gasteiger partial charge on any atom is -0.444 e. The molecule has 112 valence electrons. The summed E-state index contributed by atoms with van der Waals surface area (Å²) in [6.45, 7) is 5.72. The number of amides is 1.